The van der Waals surface area contributed by atoms with Crippen molar-refractivity contribution in [3.05, 3.63) is 53.4 Å². The van der Waals surface area contributed by atoms with Crippen molar-refractivity contribution < 1.29 is 8.78 Å². The van der Waals surface area contributed by atoms with Gasteiger partial charge < -0.3 is 5.32 Å². The highest BCUT2D eigenvalue weighted by Gasteiger charge is 2.15. The lowest BCUT2D eigenvalue weighted by atomic mass is 10.0. The third-order valence-electron chi connectivity index (χ3n) is 3.17. The fraction of sp³-hybridized carbons (Fsp3) is 0.400. The van der Waals surface area contributed by atoms with E-state index in [-0.39, 0.29) is 6.04 Å². The molecule has 0 fully saturated rings. The van der Waals surface area contributed by atoms with Crippen LogP contribution in [0.1, 0.15) is 30.6 Å². The first-order valence-corrected chi connectivity index (χ1v) is 6.77. The Morgan fingerprint density at radius 1 is 1.25 bits per heavy atom. The summed E-state index contributed by atoms with van der Waals surface area (Å²) < 4.78 is 28.1. The average Bonchev–Trinajstić information content (AvgIpc) is 2.83. The zero-order valence-electron chi connectivity index (χ0n) is 11.7. The molecule has 0 bridgehead atoms. The molecule has 5 heteroatoms. The van der Waals surface area contributed by atoms with Crippen LogP contribution < -0.4 is 5.32 Å². The quantitative estimate of drug-likeness (QED) is 0.881. The van der Waals surface area contributed by atoms with Crippen LogP contribution in [0.2, 0.25) is 0 Å². The number of aromatic nitrogens is 2. The summed E-state index contributed by atoms with van der Waals surface area (Å²) in [4.78, 5) is 0. The molecule has 0 spiro atoms. The van der Waals surface area contributed by atoms with Gasteiger partial charge in [0.25, 0.3) is 0 Å². The van der Waals surface area contributed by atoms with Crippen LogP contribution in [0.25, 0.3) is 0 Å². The van der Waals surface area contributed by atoms with Gasteiger partial charge in [-0.1, -0.05) is 13.0 Å². The van der Waals surface area contributed by atoms with Crippen molar-refractivity contribution in [3.8, 4) is 0 Å². The third-order valence-corrected chi connectivity index (χ3v) is 3.17. The molecular weight excluding hydrogens is 260 g/mol. The summed E-state index contributed by atoms with van der Waals surface area (Å²) >= 11 is 0. The summed E-state index contributed by atoms with van der Waals surface area (Å²) in [7, 11) is 1.86. The van der Waals surface area contributed by atoms with E-state index in [0.29, 0.717) is 6.42 Å². The fourth-order valence-electron chi connectivity index (χ4n) is 2.14. The highest BCUT2D eigenvalue weighted by molar-refractivity contribution is 5.23. The third kappa shape index (κ3) is 3.63. The van der Waals surface area contributed by atoms with Crippen LogP contribution in [0.3, 0.4) is 0 Å². The summed E-state index contributed by atoms with van der Waals surface area (Å²) in [5, 5.41) is 7.68. The monoisotopic (exact) mass is 279 g/mol. The molecule has 20 heavy (non-hydrogen) atoms. The van der Waals surface area contributed by atoms with E-state index in [2.05, 4.69) is 17.3 Å². The molecule has 0 aliphatic heterocycles. The highest BCUT2D eigenvalue weighted by atomic mass is 19.2. The first-order valence-electron chi connectivity index (χ1n) is 6.77. The molecule has 1 aromatic carbocycles. The van der Waals surface area contributed by atoms with Crippen molar-refractivity contribution >= 4 is 0 Å². The Morgan fingerprint density at radius 2 is 2.05 bits per heavy atom. The van der Waals surface area contributed by atoms with Gasteiger partial charge in [0.1, 0.15) is 0 Å². The predicted molar refractivity (Wildman–Crippen MR) is 74.3 cm³/mol. The van der Waals surface area contributed by atoms with Crippen LogP contribution in [0, 0.1) is 11.6 Å². The number of benzene rings is 1. The number of nitrogens with one attached hydrogen (secondary N) is 1. The van der Waals surface area contributed by atoms with Crippen molar-refractivity contribution in [1.29, 1.82) is 0 Å². The topological polar surface area (TPSA) is 29.9 Å². The molecule has 0 aliphatic carbocycles. The van der Waals surface area contributed by atoms with Gasteiger partial charge in [-0.15, -0.1) is 0 Å². The van der Waals surface area contributed by atoms with E-state index in [1.807, 2.05) is 19.3 Å². The molecule has 1 heterocycles. The molecule has 2 aromatic rings. The van der Waals surface area contributed by atoms with Crippen LogP contribution in [0.5, 0.6) is 0 Å². The molecule has 0 aliphatic rings. The number of nitrogens with zero attached hydrogens (tertiary/aromatic N) is 2. The smallest absolute Gasteiger partial charge is 0.159 e. The van der Waals surface area contributed by atoms with Crippen molar-refractivity contribution in [3.63, 3.8) is 0 Å². The largest absolute Gasteiger partial charge is 0.310 e. The van der Waals surface area contributed by atoms with Crippen LogP contribution >= 0.6 is 0 Å². The molecule has 0 saturated heterocycles. The first kappa shape index (κ1) is 14.7. The Bertz CT molecular complexity index is 566. The van der Waals surface area contributed by atoms with Gasteiger partial charge in [0.15, 0.2) is 11.6 Å². The van der Waals surface area contributed by atoms with Crippen molar-refractivity contribution in [2.75, 3.05) is 6.54 Å². The standard InChI is InChI=1S/C15H19F2N3/c1-3-7-18-15(10-12-6-8-20(2)19-12)11-4-5-13(16)14(17)9-11/h4-6,8-9,15,18H,3,7,10H2,1-2H3. The minimum Gasteiger partial charge on any atom is -0.310 e. The molecule has 0 radical (unpaired) electrons. The zero-order chi connectivity index (χ0) is 14.5. The number of hydrogen-bond donors (Lipinski definition) is 1. The second-order valence-corrected chi connectivity index (χ2v) is 4.87. The fourth-order valence-corrected chi connectivity index (χ4v) is 2.14. The lowest BCUT2D eigenvalue weighted by molar-refractivity contribution is 0.491. The van der Waals surface area contributed by atoms with Crippen LogP contribution in [0.4, 0.5) is 8.78 Å². The second kappa shape index (κ2) is 6.61. The predicted octanol–water partition coefficient (Wildman–Crippen LogP) is 2.98. The minimum atomic E-state index is -0.819. The summed E-state index contributed by atoms with van der Waals surface area (Å²) in [6.45, 7) is 2.88. The Morgan fingerprint density at radius 3 is 2.65 bits per heavy atom. The Balaban J connectivity index is 2.19. The van der Waals surface area contributed by atoms with Gasteiger partial charge >= 0.3 is 0 Å². The molecule has 108 valence electrons. The van der Waals surface area contributed by atoms with Crippen LogP contribution in [0.15, 0.2) is 30.5 Å². The molecular formula is C15H19F2N3. The van der Waals surface area contributed by atoms with E-state index < -0.39 is 11.6 Å². The Labute approximate surface area is 117 Å². The lowest BCUT2D eigenvalue weighted by Crippen LogP contribution is -2.24. The van der Waals surface area contributed by atoms with Gasteiger partial charge in [-0.25, -0.2) is 8.78 Å². The Hall–Kier alpha value is -1.75. The van der Waals surface area contributed by atoms with Gasteiger partial charge in [0.2, 0.25) is 0 Å². The molecule has 3 nitrogen and oxygen atoms in total. The maximum absolute atomic E-state index is 13.4. The summed E-state index contributed by atoms with van der Waals surface area (Å²) in [6.07, 6.45) is 3.49. The van der Waals surface area contributed by atoms with Gasteiger partial charge in [0, 0.05) is 25.7 Å². The Kier molecular flexibility index (Phi) is 4.84. The normalized spacial score (nSPS) is 12.6. The molecule has 2 rings (SSSR count). The SMILES string of the molecule is CCCNC(Cc1ccn(C)n1)c1ccc(F)c(F)c1. The summed E-state index contributed by atoms with van der Waals surface area (Å²) in [5.74, 6) is -1.63. The number of aryl methyl sites for hydroxylation is 1. The molecule has 1 N–H and O–H groups in total. The maximum atomic E-state index is 13.4. The lowest BCUT2D eigenvalue weighted by Gasteiger charge is -2.18. The maximum Gasteiger partial charge on any atom is 0.159 e. The van der Waals surface area contributed by atoms with Crippen molar-refractivity contribution in [2.24, 2.45) is 7.05 Å². The van der Waals surface area contributed by atoms with E-state index in [1.54, 1.807) is 10.7 Å². The van der Waals surface area contributed by atoms with E-state index in [0.717, 1.165) is 24.2 Å². The second-order valence-electron chi connectivity index (χ2n) is 4.87. The molecule has 1 atom stereocenters. The summed E-state index contributed by atoms with van der Waals surface area (Å²) in [6, 6.07) is 5.91. The number of halogens is 2. The number of rotatable bonds is 6. The molecule has 1 aromatic heterocycles. The van der Waals surface area contributed by atoms with Gasteiger partial charge in [-0.2, -0.15) is 5.10 Å². The van der Waals surface area contributed by atoms with Gasteiger partial charge in [0.05, 0.1) is 5.69 Å². The van der Waals surface area contributed by atoms with Gasteiger partial charge in [-0.3, -0.25) is 4.68 Å². The van der Waals surface area contributed by atoms with E-state index >= 15 is 0 Å². The minimum absolute atomic E-state index is 0.0695. The molecule has 0 amide bonds. The summed E-state index contributed by atoms with van der Waals surface area (Å²) in [5.41, 5.74) is 1.66. The zero-order valence-corrected chi connectivity index (χ0v) is 11.7. The van der Waals surface area contributed by atoms with E-state index in [9.17, 15) is 8.78 Å². The van der Waals surface area contributed by atoms with E-state index in [1.165, 1.54) is 12.1 Å². The van der Waals surface area contributed by atoms with Crippen molar-refractivity contribution in [2.45, 2.75) is 25.8 Å². The van der Waals surface area contributed by atoms with Crippen LogP contribution in [-0.4, -0.2) is 16.3 Å². The highest BCUT2D eigenvalue weighted by Crippen LogP contribution is 2.20. The molecule has 1 unspecified atom stereocenters. The van der Waals surface area contributed by atoms with Gasteiger partial charge in [-0.05, 0) is 36.7 Å². The average molecular weight is 279 g/mol. The molecule has 0 saturated carbocycles. The van der Waals surface area contributed by atoms with E-state index in [4.69, 9.17) is 0 Å². The first-order chi connectivity index (χ1) is 9.60. The van der Waals surface area contributed by atoms with Crippen molar-refractivity contribution in [1.82, 2.24) is 15.1 Å². The number of hydrogen-bond acceptors (Lipinski definition) is 2. The van der Waals surface area contributed by atoms with Crippen LogP contribution in [-0.2, 0) is 13.5 Å².